The summed E-state index contributed by atoms with van der Waals surface area (Å²) in [5.41, 5.74) is 0.631. The van der Waals surface area contributed by atoms with Crippen molar-refractivity contribution >= 4 is 46.5 Å². The van der Waals surface area contributed by atoms with E-state index in [9.17, 15) is 0 Å². The zero-order valence-corrected chi connectivity index (χ0v) is 9.83. The molecule has 0 unspecified atom stereocenters. The third kappa shape index (κ3) is 2.30. The molecule has 1 aromatic rings. The summed E-state index contributed by atoms with van der Waals surface area (Å²) < 4.78 is 5.19. The highest BCUT2D eigenvalue weighted by molar-refractivity contribution is 6.49. The maximum Gasteiger partial charge on any atom is 0.289 e. The van der Waals surface area contributed by atoms with E-state index >= 15 is 0 Å². The highest BCUT2D eigenvalue weighted by Crippen LogP contribution is 2.35. The molecule has 2 rings (SSSR count). The zero-order chi connectivity index (χ0) is 10.8. The molecule has 0 aromatic heterocycles. The van der Waals surface area contributed by atoms with Crippen molar-refractivity contribution in [3.63, 3.8) is 0 Å². The fourth-order valence-electron chi connectivity index (χ4n) is 1.15. The topological polar surface area (TPSA) is 33.6 Å². The van der Waals surface area contributed by atoms with E-state index in [1.807, 2.05) is 0 Å². The van der Waals surface area contributed by atoms with Gasteiger partial charge in [0.2, 0.25) is 0 Å². The van der Waals surface area contributed by atoms with Crippen molar-refractivity contribution in [2.45, 2.75) is 0 Å². The molecule has 1 aliphatic rings. The Kier molecular flexibility index (Phi) is 3.24. The Morgan fingerprint density at radius 3 is 2.67 bits per heavy atom. The molecule has 0 amide bonds. The van der Waals surface area contributed by atoms with Crippen LogP contribution in [0.5, 0.6) is 0 Å². The Labute approximate surface area is 102 Å². The molecule has 1 aliphatic heterocycles. The summed E-state index contributed by atoms with van der Waals surface area (Å²) in [6.07, 6.45) is 0. The molecule has 0 bridgehead atoms. The van der Waals surface area contributed by atoms with Crippen LogP contribution in [0.3, 0.4) is 0 Å². The molecule has 1 heterocycles. The van der Waals surface area contributed by atoms with Gasteiger partial charge in [-0.25, -0.2) is 4.99 Å². The van der Waals surface area contributed by atoms with E-state index in [4.69, 9.17) is 39.5 Å². The van der Waals surface area contributed by atoms with Gasteiger partial charge in [-0.15, -0.1) is 0 Å². The van der Waals surface area contributed by atoms with Crippen molar-refractivity contribution in [1.82, 2.24) is 0 Å². The van der Waals surface area contributed by atoms with Crippen LogP contribution in [-0.2, 0) is 4.74 Å². The summed E-state index contributed by atoms with van der Waals surface area (Å²) in [6.45, 7) is 1.24. The first-order chi connectivity index (χ1) is 7.18. The van der Waals surface area contributed by atoms with Crippen LogP contribution < -0.4 is 5.32 Å². The molecular formula is C9H7Cl3N2O. The van der Waals surface area contributed by atoms with Gasteiger partial charge in [-0.05, 0) is 12.1 Å². The number of hydrogen-bond donors (Lipinski definition) is 1. The number of aliphatic imine (C=N–C) groups is 1. The van der Waals surface area contributed by atoms with Crippen LogP contribution in [0.15, 0.2) is 17.1 Å². The summed E-state index contributed by atoms with van der Waals surface area (Å²) in [5, 5.41) is 4.03. The third-order valence-corrected chi connectivity index (χ3v) is 3.16. The van der Waals surface area contributed by atoms with Crippen LogP contribution >= 0.6 is 34.8 Å². The highest BCUT2D eigenvalue weighted by Gasteiger charge is 2.12. The van der Waals surface area contributed by atoms with Crippen LogP contribution in [0.25, 0.3) is 0 Å². The fourth-order valence-corrected chi connectivity index (χ4v) is 1.73. The molecule has 0 aliphatic carbocycles. The van der Waals surface area contributed by atoms with E-state index in [1.54, 1.807) is 12.1 Å². The standard InChI is InChI=1S/C9H7Cl3N2O/c10-5-1-2-6(8(12)7(5)11)14-9-13-3-4-15-9/h1-2H,3-4H2,(H,13,14). The maximum atomic E-state index is 5.99. The number of anilines is 1. The van der Waals surface area contributed by atoms with Gasteiger partial charge in [-0.1, -0.05) is 34.8 Å². The van der Waals surface area contributed by atoms with Crippen molar-refractivity contribution in [3.05, 3.63) is 27.2 Å². The van der Waals surface area contributed by atoms with Gasteiger partial charge in [-0.2, -0.15) is 0 Å². The van der Waals surface area contributed by atoms with Gasteiger partial charge in [0.05, 0.1) is 27.3 Å². The first-order valence-electron chi connectivity index (χ1n) is 4.26. The summed E-state index contributed by atoms with van der Waals surface area (Å²) in [4.78, 5) is 4.07. The van der Waals surface area contributed by atoms with E-state index in [2.05, 4.69) is 10.3 Å². The molecule has 0 saturated carbocycles. The SMILES string of the molecule is Clc1ccc(NC2=NCCO2)c(Cl)c1Cl. The number of rotatable bonds is 1. The molecule has 3 nitrogen and oxygen atoms in total. The molecule has 80 valence electrons. The predicted octanol–water partition coefficient (Wildman–Crippen LogP) is 3.44. The molecule has 1 N–H and O–H groups in total. The van der Waals surface area contributed by atoms with Crippen LogP contribution in [0.1, 0.15) is 0 Å². The van der Waals surface area contributed by atoms with Gasteiger partial charge < -0.3 is 10.1 Å². The number of hydrogen-bond acceptors (Lipinski definition) is 3. The number of nitrogens with zero attached hydrogens (tertiary/aromatic N) is 1. The Morgan fingerprint density at radius 1 is 1.20 bits per heavy atom. The summed E-state index contributed by atoms with van der Waals surface area (Å²) in [6, 6.07) is 3.84. The number of amidine groups is 1. The molecule has 0 radical (unpaired) electrons. The lowest BCUT2D eigenvalue weighted by Crippen LogP contribution is -2.12. The predicted molar refractivity (Wildman–Crippen MR) is 63.3 cm³/mol. The monoisotopic (exact) mass is 264 g/mol. The average molecular weight is 266 g/mol. The minimum absolute atomic E-state index is 0.321. The Morgan fingerprint density at radius 2 is 2.00 bits per heavy atom. The first kappa shape index (κ1) is 10.9. The van der Waals surface area contributed by atoms with E-state index in [0.717, 1.165) is 0 Å². The first-order valence-corrected chi connectivity index (χ1v) is 5.39. The van der Waals surface area contributed by atoms with Crippen molar-refractivity contribution in [2.75, 3.05) is 18.5 Å². The lowest BCUT2D eigenvalue weighted by Gasteiger charge is -2.09. The summed E-state index contributed by atoms with van der Waals surface area (Å²) in [7, 11) is 0. The number of benzene rings is 1. The third-order valence-electron chi connectivity index (χ3n) is 1.86. The largest absolute Gasteiger partial charge is 0.463 e. The second-order valence-electron chi connectivity index (χ2n) is 2.88. The number of halogens is 3. The lowest BCUT2D eigenvalue weighted by atomic mass is 10.3. The molecular weight excluding hydrogens is 258 g/mol. The van der Waals surface area contributed by atoms with E-state index < -0.39 is 0 Å². The smallest absolute Gasteiger partial charge is 0.289 e. The molecule has 1 aromatic carbocycles. The molecule has 6 heteroatoms. The van der Waals surface area contributed by atoms with Crippen LogP contribution in [0, 0.1) is 0 Å². The minimum atomic E-state index is 0.321. The lowest BCUT2D eigenvalue weighted by molar-refractivity contribution is 0.346. The van der Waals surface area contributed by atoms with Crippen molar-refractivity contribution in [2.24, 2.45) is 4.99 Å². The van der Waals surface area contributed by atoms with E-state index in [1.165, 1.54) is 0 Å². The maximum absolute atomic E-state index is 5.99. The molecule has 0 atom stereocenters. The zero-order valence-electron chi connectivity index (χ0n) is 7.56. The fraction of sp³-hybridized carbons (Fsp3) is 0.222. The van der Waals surface area contributed by atoms with Crippen LogP contribution in [-0.4, -0.2) is 19.2 Å². The van der Waals surface area contributed by atoms with Crippen molar-refractivity contribution in [1.29, 1.82) is 0 Å². The molecule has 0 saturated heterocycles. The number of nitrogens with one attached hydrogen (secondary N) is 1. The van der Waals surface area contributed by atoms with Gasteiger partial charge >= 0.3 is 0 Å². The van der Waals surface area contributed by atoms with Crippen LogP contribution in [0.4, 0.5) is 5.69 Å². The van der Waals surface area contributed by atoms with Gasteiger partial charge in [0, 0.05) is 0 Å². The van der Waals surface area contributed by atoms with Gasteiger partial charge in [-0.3, -0.25) is 0 Å². The normalized spacial score (nSPS) is 14.7. The Bertz CT molecular complexity index is 420. The Hall–Kier alpha value is -0.640. The van der Waals surface area contributed by atoms with Gasteiger partial charge in [0.1, 0.15) is 6.61 Å². The molecule has 0 spiro atoms. The van der Waals surface area contributed by atoms with Crippen molar-refractivity contribution in [3.8, 4) is 0 Å². The Balaban J connectivity index is 2.25. The van der Waals surface area contributed by atoms with E-state index in [-0.39, 0.29) is 0 Å². The van der Waals surface area contributed by atoms with Gasteiger partial charge in [0.25, 0.3) is 6.02 Å². The van der Waals surface area contributed by atoms with E-state index in [0.29, 0.717) is 39.9 Å². The van der Waals surface area contributed by atoms with Crippen molar-refractivity contribution < 1.29 is 4.74 Å². The van der Waals surface area contributed by atoms with Gasteiger partial charge in [0.15, 0.2) is 0 Å². The minimum Gasteiger partial charge on any atom is -0.463 e. The average Bonchev–Trinajstić information content (AvgIpc) is 2.72. The van der Waals surface area contributed by atoms with Crippen LogP contribution in [0.2, 0.25) is 15.1 Å². The quantitative estimate of drug-likeness (QED) is 0.789. The summed E-state index contributed by atoms with van der Waals surface area (Å²) in [5.74, 6) is 0. The second kappa shape index (κ2) is 4.47. The highest BCUT2D eigenvalue weighted by atomic mass is 35.5. The molecule has 15 heavy (non-hydrogen) atoms. The summed E-state index contributed by atoms with van der Waals surface area (Å²) >= 11 is 17.7. The number of ether oxygens (including phenoxy) is 1. The molecule has 0 fully saturated rings. The second-order valence-corrected chi connectivity index (χ2v) is 4.05.